The fraction of sp³-hybridized carbons (Fsp3) is 0.471. The molecule has 1 aromatic carbocycles. The molecule has 0 spiro atoms. The van der Waals surface area contributed by atoms with Gasteiger partial charge in [0.15, 0.2) is 0 Å². The van der Waals surface area contributed by atoms with Crippen molar-refractivity contribution >= 4 is 47.7 Å². The molecule has 0 aliphatic rings. The molecule has 0 radical (unpaired) electrons. The summed E-state index contributed by atoms with van der Waals surface area (Å²) in [5.41, 5.74) is 7.67. The first-order valence-corrected chi connectivity index (χ1v) is 7.98. The summed E-state index contributed by atoms with van der Waals surface area (Å²) in [5.74, 6) is 0.316. The fourth-order valence-corrected chi connectivity index (χ4v) is 2.36. The van der Waals surface area contributed by atoms with Gasteiger partial charge in [-0.2, -0.15) is 0 Å². The highest BCUT2D eigenvalue weighted by molar-refractivity contribution is 5.87. The van der Waals surface area contributed by atoms with Crippen molar-refractivity contribution in [3.63, 3.8) is 0 Å². The van der Waals surface area contributed by atoms with Gasteiger partial charge in [-0.15, -0.1) is 24.8 Å². The molecule has 26 heavy (non-hydrogen) atoms. The summed E-state index contributed by atoms with van der Waals surface area (Å²) < 4.78 is 1.96. The van der Waals surface area contributed by atoms with Crippen LogP contribution in [0.5, 0.6) is 0 Å². The molecule has 9 heteroatoms. The number of halogens is 2. The van der Waals surface area contributed by atoms with Gasteiger partial charge >= 0.3 is 0 Å². The number of fused-ring (bicyclic) bond motifs is 1. The van der Waals surface area contributed by atoms with Crippen LogP contribution in [0.4, 0.5) is 0 Å². The van der Waals surface area contributed by atoms with Crippen molar-refractivity contribution in [2.75, 3.05) is 13.6 Å². The number of para-hydroxylation sites is 2. The third kappa shape index (κ3) is 5.59. The Labute approximate surface area is 166 Å². The smallest absolute Gasteiger partial charge is 0.242 e. The number of rotatable bonds is 6. The number of nitrogens with two attached hydrogens (primary N) is 1. The van der Waals surface area contributed by atoms with Crippen molar-refractivity contribution in [2.45, 2.75) is 26.4 Å². The Morgan fingerprint density at radius 2 is 1.88 bits per heavy atom. The lowest BCUT2D eigenvalue weighted by molar-refractivity contribution is -0.132. The number of likely N-dealkylation sites (N-methyl/N-ethyl adjacent to an activating group) is 1. The van der Waals surface area contributed by atoms with E-state index in [4.69, 9.17) is 5.73 Å². The Hall–Kier alpha value is -1.83. The number of aromatic nitrogens is 2. The van der Waals surface area contributed by atoms with E-state index in [9.17, 15) is 9.59 Å². The number of hydrogen-bond donors (Lipinski definition) is 2. The van der Waals surface area contributed by atoms with E-state index in [1.165, 1.54) is 0 Å². The van der Waals surface area contributed by atoms with E-state index in [0.29, 0.717) is 6.54 Å². The summed E-state index contributed by atoms with van der Waals surface area (Å²) in [6, 6.07) is 7.20. The fourth-order valence-electron chi connectivity index (χ4n) is 2.36. The molecule has 0 aliphatic carbocycles. The van der Waals surface area contributed by atoms with Crippen LogP contribution in [0.1, 0.15) is 19.7 Å². The minimum Gasteiger partial charge on any atom is -0.346 e. The molecule has 0 saturated carbocycles. The molecule has 2 rings (SSSR count). The van der Waals surface area contributed by atoms with E-state index in [2.05, 4.69) is 10.3 Å². The van der Waals surface area contributed by atoms with E-state index in [-0.39, 0.29) is 49.1 Å². The number of carbonyl (C=O) groups is 2. The van der Waals surface area contributed by atoms with E-state index in [1.807, 2.05) is 49.7 Å². The predicted molar refractivity (Wildman–Crippen MR) is 108 cm³/mol. The number of nitrogens with one attached hydrogen (secondary N) is 1. The molecule has 2 aromatic rings. The van der Waals surface area contributed by atoms with Crippen LogP contribution in [0.25, 0.3) is 11.0 Å². The van der Waals surface area contributed by atoms with Crippen molar-refractivity contribution < 1.29 is 9.59 Å². The highest BCUT2D eigenvalue weighted by Crippen LogP contribution is 2.15. The number of nitrogens with zero attached hydrogens (tertiary/aromatic N) is 3. The number of amides is 2. The van der Waals surface area contributed by atoms with Gasteiger partial charge in [0.25, 0.3) is 0 Å². The van der Waals surface area contributed by atoms with Gasteiger partial charge in [0.2, 0.25) is 11.8 Å². The molecule has 0 bridgehead atoms. The van der Waals surface area contributed by atoms with Gasteiger partial charge in [-0.25, -0.2) is 4.98 Å². The summed E-state index contributed by atoms with van der Waals surface area (Å²) in [4.78, 5) is 30.1. The average molecular weight is 404 g/mol. The zero-order valence-corrected chi connectivity index (χ0v) is 17.1. The first-order valence-electron chi connectivity index (χ1n) is 7.98. The van der Waals surface area contributed by atoms with Gasteiger partial charge in [0, 0.05) is 14.1 Å². The zero-order valence-electron chi connectivity index (χ0n) is 15.4. The van der Waals surface area contributed by atoms with Gasteiger partial charge in [-0.1, -0.05) is 26.0 Å². The number of benzene rings is 1. The molecule has 7 nitrogen and oxygen atoms in total. The molecule has 1 heterocycles. The Bertz CT molecular complexity index is 748. The maximum atomic E-state index is 12.2. The second-order valence-corrected chi connectivity index (χ2v) is 6.31. The highest BCUT2D eigenvalue weighted by atomic mass is 35.5. The lowest BCUT2D eigenvalue weighted by atomic mass is 10.1. The summed E-state index contributed by atoms with van der Waals surface area (Å²) in [6.45, 7) is 4.03. The normalized spacial score (nSPS) is 11.5. The Morgan fingerprint density at radius 1 is 1.27 bits per heavy atom. The molecule has 1 aromatic heterocycles. The quantitative estimate of drug-likeness (QED) is 0.763. The molecule has 146 valence electrons. The lowest BCUT2D eigenvalue weighted by Gasteiger charge is -2.19. The second-order valence-electron chi connectivity index (χ2n) is 6.31. The topological polar surface area (TPSA) is 93.2 Å². The first kappa shape index (κ1) is 24.2. The Morgan fingerprint density at radius 3 is 2.46 bits per heavy atom. The second kappa shape index (κ2) is 10.4. The standard InChI is InChI=1S/C17H25N5O2.2ClH/c1-11(2)16(18)17(24)19-9-15(23)21(3)10-14-20-12-7-5-6-8-13(12)22(14)4;;/h5-8,11,16H,9-10,18H2,1-4H3,(H,19,24);2*1H/t16-;;/m0../s1. The minimum absolute atomic E-state index is 0. The van der Waals surface area contributed by atoms with Crippen LogP contribution in [0.3, 0.4) is 0 Å². The lowest BCUT2D eigenvalue weighted by Crippen LogP contribution is -2.47. The molecule has 0 unspecified atom stereocenters. The van der Waals surface area contributed by atoms with E-state index in [1.54, 1.807) is 11.9 Å². The number of imidazole rings is 1. The van der Waals surface area contributed by atoms with Crippen LogP contribution in [-0.4, -0.2) is 45.9 Å². The van der Waals surface area contributed by atoms with Crippen LogP contribution >= 0.6 is 24.8 Å². The highest BCUT2D eigenvalue weighted by Gasteiger charge is 2.19. The average Bonchev–Trinajstić information content (AvgIpc) is 2.87. The molecule has 1 atom stereocenters. The van der Waals surface area contributed by atoms with Crippen molar-refractivity contribution in [1.29, 1.82) is 0 Å². The maximum Gasteiger partial charge on any atom is 0.242 e. The van der Waals surface area contributed by atoms with Crippen molar-refractivity contribution in [3.05, 3.63) is 30.1 Å². The van der Waals surface area contributed by atoms with Crippen LogP contribution in [0, 0.1) is 5.92 Å². The SMILES string of the molecule is CC(C)[C@H](N)C(=O)NCC(=O)N(C)Cc1nc2ccccc2n1C.Cl.Cl. The van der Waals surface area contributed by atoms with Gasteiger partial charge in [-0.3, -0.25) is 9.59 Å². The summed E-state index contributed by atoms with van der Waals surface area (Å²) in [7, 11) is 3.61. The predicted octanol–water partition coefficient (Wildman–Crippen LogP) is 1.47. The molecule has 0 aliphatic heterocycles. The van der Waals surface area contributed by atoms with Crippen LogP contribution in [0.15, 0.2) is 24.3 Å². The number of hydrogen-bond acceptors (Lipinski definition) is 4. The van der Waals surface area contributed by atoms with E-state index >= 15 is 0 Å². The third-order valence-electron chi connectivity index (χ3n) is 4.12. The molecule has 0 fully saturated rings. The van der Waals surface area contributed by atoms with Crippen molar-refractivity contribution in [2.24, 2.45) is 18.7 Å². The van der Waals surface area contributed by atoms with Crippen LogP contribution < -0.4 is 11.1 Å². The van der Waals surface area contributed by atoms with E-state index < -0.39 is 6.04 Å². The first-order chi connectivity index (χ1) is 11.3. The van der Waals surface area contributed by atoms with E-state index in [0.717, 1.165) is 16.9 Å². The monoisotopic (exact) mass is 403 g/mol. The number of carbonyl (C=O) groups excluding carboxylic acids is 2. The van der Waals surface area contributed by atoms with Gasteiger partial charge in [0.1, 0.15) is 5.82 Å². The molecular weight excluding hydrogens is 377 g/mol. The van der Waals surface area contributed by atoms with Crippen LogP contribution in [-0.2, 0) is 23.2 Å². The Balaban J connectivity index is 0.00000312. The summed E-state index contributed by atoms with van der Waals surface area (Å²) >= 11 is 0. The minimum atomic E-state index is -0.608. The van der Waals surface area contributed by atoms with Gasteiger partial charge < -0.3 is 20.5 Å². The Kier molecular flexibility index (Phi) is 9.62. The molecule has 0 saturated heterocycles. The van der Waals surface area contributed by atoms with Gasteiger partial charge in [0.05, 0.1) is 30.2 Å². The summed E-state index contributed by atoms with van der Waals surface area (Å²) in [6.07, 6.45) is 0. The van der Waals surface area contributed by atoms with Gasteiger partial charge in [-0.05, 0) is 18.1 Å². The van der Waals surface area contributed by atoms with Crippen molar-refractivity contribution in [3.8, 4) is 0 Å². The maximum absolute atomic E-state index is 12.2. The molecule has 2 amide bonds. The molecular formula is C17H27Cl2N5O2. The third-order valence-corrected chi connectivity index (χ3v) is 4.12. The zero-order chi connectivity index (χ0) is 17.9. The number of aryl methyl sites for hydroxylation is 1. The van der Waals surface area contributed by atoms with Crippen LogP contribution in [0.2, 0.25) is 0 Å². The largest absolute Gasteiger partial charge is 0.346 e. The molecule has 3 N–H and O–H groups in total. The van der Waals surface area contributed by atoms with Crippen molar-refractivity contribution in [1.82, 2.24) is 19.8 Å². The summed E-state index contributed by atoms with van der Waals surface area (Å²) in [5, 5.41) is 2.59.